The van der Waals surface area contributed by atoms with Crippen LogP contribution in [0.1, 0.15) is 24.0 Å². The number of amides is 1. The molecule has 0 saturated carbocycles. The van der Waals surface area contributed by atoms with Gasteiger partial charge in [0.2, 0.25) is 26.0 Å². The number of carbonyl (C=O) groups excluding carboxylic acids is 1. The molecule has 1 saturated heterocycles. The van der Waals surface area contributed by atoms with Crippen molar-refractivity contribution in [1.82, 2.24) is 14.3 Å². The highest BCUT2D eigenvalue weighted by atomic mass is 32.2. The minimum atomic E-state index is -3.92. The summed E-state index contributed by atoms with van der Waals surface area (Å²) in [5.41, 5.74) is 1.51. The van der Waals surface area contributed by atoms with Crippen molar-refractivity contribution >= 4 is 26.0 Å². The molecule has 0 aliphatic carbocycles. The molecule has 0 radical (unpaired) electrons. The maximum absolute atomic E-state index is 13.1. The van der Waals surface area contributed by atoms with Crippen molar-refractivity contribution in [2.75, 3.05) is 13.1 Å². The van der Waals surface area contributed by atoms with E-state index in [0.717, 1.165) is 18.4 Å². The number of hydrogen-bond donors (Lipinski definition) is 2. The normalized spacial score (nSPS) is 15.4. The lowest BCUT2D eigenvalue weighted by Gasteiger charge is -2.19. The van der Waals surface area contributed by atoms with Gasteiger partial charge in [0.15, 0.2) is 0 Å². The second-order valence-electron chi connectivity index (χ2n) is 8.65. The monoisotopic (exact) mass is 527 g/mol. The lowest BCUT2D eigenvalue weighted by molar-refractivity contribution is -0.122. The summed E-state index contributed by atoms with van der Waals surface area (Å²) in [4.78, 5) is 13.4. The first kappa shape index (κ1) is 26.0. The van der Waals surface area contributed by atoms with Gasteiger partial charge in [-0.3, -0.25) is 4.79 Å². The summed E-state index contributed by atoms with van der Waals surface area (Å²) in [6.45, 7) is 1.19. The highest BCUT2D eigenvalue weighted by Gasteiger charge is 2.28. The molecule has 1 aliphatic rings. The molecule has 1 atom stereocenters. The van der Waals surface area contributed by atoms with Gasteiger partial charge in [-0.05, 0) is 54.7 Å². The summed E-state index contributed by atoms with van der Waals surface area (Å²) in [6.07, 6.45) is 1.90. The van der Waals surface area contributed by atoms with Gasteiger partial charge in [0.05, 0.1) is 9.79 Å². The summed E-state index contributed by atoms with van der Waals surface area (Å²) in [6, 6.07) is 22.4. The quantitative estimate of drug-likeness (QED) is 0.421. The molecule has 1 amide bonds. The third-order valence-corrected chi connectivity index (χ3v) is 9.44. The number of carbonyl (C=O) groups is 1. The van der Waals surface area contributed by atoms with Crippen LogP contribution in [0.4, 0.5) is 0 Å². The molecule has 0 aromatic heterocycles. The molecule has 8 nitrogen and oxygen atoms in total. The first-order valence-corrected chi connectivity index (χ1v) is 14.7. The molecule has 3 aromatic rings. The average molecular weight is 528 g/mol. The second-order valence-corrected chi connectivity index (χ2v) is 12.3. The fourth-order valence-electron chi connectivity index (χ4n) is 4.06. The molecule has 0 spiro atoms. The summed E-state index contributed by atoms with van der Waals surface area (Å²) < 4.78 is 55.2. The summed E-state index contributed by atoms with van der Waals surface area (Å²) in [5.74, 6) is -0.480. The van der Waals surface area contributed by atoms with Crippen LogP contribution in [0.15, 0.2) is 94.7 Å². The highest BCUT2D eigenvalue weighted by molar-refractivity contribution is 7.89. The third kappa shape index (κ3) is 6.38. The smallest absolute Gasteiger partial charge is 0.243 e. The molecule has 10 heteroatoms. The van der Waals surface area contributed by atoms with Crippen molar-refractivity contribution in [1.29, 1.82) is 0 Å². The van der Waals surface area contributed by atoms with Gasteiger partial charge < -0.3 is 5.32 Å². The predicted octanol–water partition coefficient (Wildman–Crippen LogP) is 2.68. The van der Waals surface area contributed by atoms with E-state index in [9.17, 15) is 21.6 Å². The topological polar surface area (TPSA) is 113 Å². The largest absolute Gasteiger partial charge is 0.351 e. The minimum Gasteiger partial charge on any atom is -0.351 e. The second kappa shape index (κ2) is 11.3. The van der Waals surface area contributed by atoms with E-state index in [1.807, 2.05) is 30.3 Å². The lowest BCUT2D eigenvalue weighted by atomic mass is 10.1. The number of hydrogen-bond acceptors (Lipinski definition) is 5. The molecule has 4 rings (SSSR count). The van der Waals surface area contributed by atoms with E-state index in [1.165, 1.54) is 28.6 Å². The molecular formula is C26H29N3O5S2. The van der Waals surface area contributed by atoms with Crippen molar-refractivity contribution < 1.29 is 21.6 Å². The predicted molar refractivity (Wildman–Crippen MR) is 137 cm³/mol. The first-order valence-electron chi connectivity index (χ1n) is 11.7. The molecule has 190 valence electrons. The highest BCUT2D eigenvalue weighted by Crippen LogP contribution is 2.21. The molecule has 3 aromatic carbocycles. The van der Waals surface area contributed by atoms with Crippen LogP contribution in [0.5, 0.6) is 0 Å². The Morgan fingerprint density at radius 2 is 1.33 bits per heavy atom. The zero-order chi connectivity index (χ0) is 25.6. The fraction of sp³-hybridized carbons (Fsp3) is 0.269. The van der Waals surface area contributed by atoms with Crippen LogP contribution in [-0.4, -0.2) is 46.2 Å². The average Bonchev–Trinajstić information content (AvgIpc) is 3.44. The number of nitrogens with one attached hydrogen (secondary N) is 2. The van der Waals surface area contributed by atoms with Gasteiger partial charge in [-0.2, -0.15) is 9.03 Å². The van der Waals surface area contributed by atoms with Gasteiger partial charge >= 0.3 is 0 Å². The summed E-state index contributed by atoms with van der Waals surface area (Å²) in [5, 5.41) is 2.78. The zero-order valence-electron chi connectivity index (χ0n) is 19.7. The van der Waals surface area contributed by atoms with Crippen LogP contribution < -0.4 is 10.0 Å². The standard InChI is InChI=1S/C26H29N3O5S2/c30-26(27-20-22-13-15-24(16-14-22)36(33,34)29-17-7-8-18-29)25(19-21-9-3-1-4-10-21)28-35(31,32)23-11-5-2-6-12-23/h1-6,9-16,25,28H,7-8,17-20H2,(H,27,30)/t25-/m0/s1. The molecular weight excluding hydrogens is 498 g/mol. The van der Waals surface area contributed by atoms with Crippen LogP contribution in [-0.2, 0) is 37.8 Å². The third-order valence-electron chi connectivity index (χ3n) is 6.04. The van der Waals surface area contributed by atoms with E-state index in [1.54, 1.807) is 30.3 Å². The zero-order valence-corrected chi connectivity index (χ0v) is 21.3. The van der Waals surface area contributed by atoms with E-state index in [2.05, 4.69) is 10.0 Å². The Kier molecular flexibility index (Phi) is 8.20. The minimum absolute atomic E-state index is 0.0747. The van der Waals surface area contributed by atoms with E-state index in [0.29, 0.717) is 18.7 Å². The van der Waals surface area contributed by atoms with Crippen LogP contribution in [0.2, 0.25) is 0 Å². The number of benzene rings is 3. The Morgan fingerprint density at radius 3 is 1.94 bits per heavy atom. The summed E-state index contributed by atoms with van der Waals surface area (Å²) >= 11 is 0. The Morgan fingerprint density at radius 1 is 0.750 bits per heavy atom. The van der Waals surface area contributed by atoms with Crippen molar-refractivity contribution in [2.24, 2.45) is 0 Å². The maximum atomic E-state index is 13.1. The van der Waals surface area contributed by atoms with Crippen LogP contribution in [0.3, 0.4) is 0 Å². The van der Waals surface area contributed by atoms with E-state index in [4.69, 9.17) is 0 Å². The number of sulfonamides is 2. The Balaban J connectivity index is 1.45. The van der Waals surface area contributed by atoms with Gasteiger partial charge in [0, 0.05) is 19.6 Å². The molecule has 36 heavy (non-hydrogen) atoms. The molecule has 1 heterocycles. The van der Waals surface area contributed by atoms with Gasteiger partial charge in [-0.1, -0.05) is 60.7 Å². The first-order chi connectivity index (χ1) is 17.3. The van der Waals surface area contributed by atoms with Crippen LogP contribution >= 0.6 is 0 Å². The van der Waals surface area contributed by atoms with Gasteiger partial charge in [-0.25, -0.2) is 16.8 Å². The van der Waals surface area contributed by atoms with Crippen LogP contribution in [0.25, 0.3) is 0 Å². The molecule has 0 bridgehead atoms. The Labute approximate surface area is 212 Å². The molecule has 0 unspecified atom stereocenters. The van der Waals surface area contributed by atoms with Crippen molar-refractivity contribution in [3.8, 4) is 0 Å². The van der Waals surface area contributed by atoms with Gasteiger partial charge in [0.1, 0.15) is 6.04 Å². The number of rotatable bonds is 10. The maximum Gasteiger partial charge on any atom is 0.243 e. The van der Waals surface area contributed by atoms with Crippen LogP contribution in [0, 0.1) is 0 Å². The van der Waals surface area contributed by atoms with E-state index >= 15 is 0 Å². The van der Waals surface area contributed by atoms with Gasteiger partial charge in [0.25, 0.3) is 0 Å². The molecule has 2 N–H and O–H groups in total. The molecule has 1 aliphatic heterocycles. The fourth-order valence-corrected chi connectivity index (χ4v) is 6.80. The summed E-state index contributed by atoms with van der Waals surface area (Å²) in [7, 11) is -7.43. The molecule has 1 fully saturated rings. The lowest BCUT2D eigenvalue weighted by Crippen LogP contribution is -2.47. The van der Waals surface area contributed by atoms with E-state index in [-0.39, 0.29) is 22.8 Å². The van der Waals surface area contributed by atoms with Crippen molar-refractivity contribution in [3.05, 3.63) is 96.1 Å². The Hall–Kier alpha value is -3.05. The van der Waals surface area contributed by atoms with Gasteiger partial charge in [-0.15, -0.1) is 0 Å². The van der Waals surface area contributed by atoms with E-state index < -0.39 is 32.0 Å². The SMILES string of the molecule is O=C(NCc1ccc(S(=O)(=O)N2CCCC2)cc1)[C@H](Cc1ccccc1)NS(=O)(=O)c1ccccc1. The van der Waals surface area contributed by atoms with Crippen molar-refractivity contribution in [2.45, 2.75) is 41.6 Å². The number of nitrogens with zero attached hydrogens (tertiary/aromatic N) is 1. The van der Waals surface area contributed by atoms with Crippen molar-refractivity contribution in [3.63, 3.8) is 0 Å². The Bertz CT molecular complexity index is 1370.